The molecule has 0 aliphatic rings. The second-order valence-electron chi connectivity index (χ2n) is 9.11. The molecule has 0 amide bonds. The van der Waals surface area contributed by atoms with Crippen LogP contribution in [-0.2, 0) is 47.0 Å². The SMILES string of the molecule is C.COC(=O)C(CCC(C)=O)CP(=O)(OCOC(=O)C(C)(C)C)OCOC(=O)C(C)(C)C. The molecule has 11 heteroatoms. The summed E-state index contributed by atoms with van der Waals surface area (Å²) in [5, 5.41) is 0. The molecule has 0 N–H and O–H groups in total. The number of ether oxygens (including phenoxy) is 3. The molecule has 0 radical (unpaired) electrons. The lowest BCUT2D eigenvalue weighted by Crippen LogP contribution is -2.26. The Bertz CT molecular complexity index is 652. The van der Waals surface area contributed by atoms with E-state index in [1.54, 1.807) is 41.5 Å². The summed E-state index contributed by atoms with van der Waals surface area (Å²) in [4.78, 5) is 47.2. The van der Waals surface area contributed by atoms with E-state index in [4.69, 9.17) is 23.3 Å². The summed E-state index contributed by atoms with van der Waals surface area (Å²) in [6.45, 7) is 9.76. The van der Waals surface area contributed by atoms with Crippen molar-refractivity contribution in [3.8, 4) is 0 Å². The van der Waals surface area contributed by atoms with Crippen LogP contribution >= 0.6 is 7.60 Å². The maximum absolute atomic E-state index is 13.2. The molecule has 0 saturated carbocycles. The highest BCUT2D eigenvalue weighted by molar-refractivity contribution is 7.53. The summed E-state index contributed by atoms with van der Waals surface area (Å²) < 4.78 is 38.3. The first kappa shape index (κ1) is 32.4. The summed E-state index contributed by atoms with van der Waals surface area (Å²) >= 11 is 0. The molecule has 10 nitrogen and oxygen atoms in total. The number of hydrogen-bond donors (Lipinski definition) is 0. The van der Waals surface area contributed by atoms with E-state index in [0.29, 0.717) is 0 Å². The summed E-state index contributed by atoms with van der Waals surface area (Å²) in [7, 11) is -2.93. The minimum Gasteiger partial charge on any atom is -0.469 e. The van der Waals surface area contributed by atoms with Gasteiger partial charge >= 0.3 is 25.5 Å². The van der Waals surface area contributed by atoms with Crippen molar-refractivity contribution in [2.24, 2.45) is 16.7 Å². The molecule has 1 atom stereocenters. The second kappa shape index (κ2) is 13.7. The van der Waals surface area contributed by atoms with Gasteiger partial charge in [0.1, 0.15) is 5.78 Å². The molecule has 188 valence electrons. The largest absolute Gasteiger partial charge is 0.469 e. The van der Waals surface area contributed by atoms with Crippen LogP contribution in [0.1, 0.15) is 68.7 Å². The van der Waals surface area contributed by atoms with Crippen molar-refractivity contribution < 1.29 is 47.0 Å². The van der Waals surface area contributed by atoms with Crippen LogP contribution in [0.5, 0.6) is 0 Å². The van der Waals surface area contributed by atoms with Gasteiger partial charge in [0.25, 0.3) is 0 Å². The average Bonchev–Trinajstić information content (AvgIpc) is 2.62. The highest BCUT2D eigenvalue weighted by Crippen LogP contribution is 2.50. The van der Waals surface area contributed by atoms with Crippen molar-refractivity contribution in [1.29, 1.82) is 0 Å². The molecular weight excluding hydrogens is 443 g/mol. The molecule has 0 aromatic heterocycles. The highest BCUT2D eigenvalue weighted by Gasteiger charge is 2.35. The van der Waals surface area contributed by atoms with E-state index in [-0.39, 0.29) is 26.1 Å². The Morgan fingerprint density at radius 2 is 1.25 bits per heavy atom. The molecule has 0 fully saturated rings. The third kappa shape index (κ3) is 12.9. The number of hydrogen-bond acceptors (Lipinski definition) is 10. The van der Waals surface area contributed by atoms with Crippen molar-refractivity contribution in [2.45, 2.75) is 68.7 Å². The van der Waals surface area contributed by atoms with Gasteiger partial charge in [-0.05, 0) is 54.9 Å². The standard InChI is InChI=1S/C20H35O10P.CH4/c1-14(21)9-10-15(16(22)26-8)11-31(25,29-12-27-17(23)19(2,3)4)30-13-28-18(24)20(5,6)7;/h15H,9-13H2,1-8H3;1H4. The first-order chi connectivity index (χ1) is 14.0. The molecule has 32 heavy (non-hydrogen) atoms. The molecule has 0 heterocycles. The van der Waals surface area contributed by atoms with Crippen LogP contribution in [0.15, 0.2) is 0 Å². The fourth-order valence-corrected chi connectivity index (χ4v) is 3.58. The first-order valence-electron chi connectivity index (χ1n) is 9.81. The normalized spacial score (nSPS) is 12.9. The Hall–Kier alpha value is -1.77. The number of Topliss-reactive ketones (excluding diaryl/α,β-unsaturated/α-hetero) is 1. The maximum Gasteiger partial charge on any atom is 0.337 e. The molecule has 0 aromatic carbocycles. The summed E-state index contributed by atoms with van der Waals surface area (Å²) in [6, 6.07) is 0. The number of rotatable bonds is 12. The second-order valence-corrected chi connectivity index (χ2v) is 11.2. The van der Waals surface area contributed by atoms with Gasteiger partial charge in [0, 0.05) is 6.42 Å². The predicted octanol–water partition coefficient (Wildman–Crippen LogP) is 4.10. The van der Waals surface area contributed by atoms with Crippen molar-refractivity contribution in [3.63, 3.8) is 0 Å². The van der Waals surface area contributed by atoms with Gasteiger partial charge in [-0.1, -0.05) is 7.43 Å². The number of carbonyl (C=O) groups is 4. The van der Waals surface area contributed by atoms with E-state index in [0.717, 1.165) is 7.11 Å². The highest BCUT2D eigenvalue weighted by atomic mass is 31.2. The molecule has 0 spiro atoms. The zero-order valence-corrected chi connectivity index (χ0v) is 20.5. The van der Waals surface area contributed by atoms with Gasteiger partial charge in [0.2, 0.25) is 13.6 Å². The minimum atomic E-state index is -4.09. The fourth-order valence-electron chi connectivity index (χ4n) is 1.99. The van der Waals surface area contributed by atoms with E-state index >= 15 is 0 Å². The van der Waals surface area contributed by atoms with Gasteiger partial charge < -0.3 is 19.0 Å². The van der Waals surface area contributed by atoms with Gasteiger partial charge in [-0.25, -0.2) is 0 Å². The van der Waals surface area contributed by atoms with Crippen LogP contribution in [0, 0.1) is 16.7 Å². The predicted molar refractivity (Wildman–Crippen MR) is 118 cm³/mol. The molecule has 0 aromatic rings. The molecule has 0 bridgehead atoms. The number of esters is 3. The third-order valence-corrected chi connectivity index (χ3v) is 5.81. The van der Waals surface area contributed by atoms with Crippen LogP contribution < -0.4 is 0 Å². The lowest BCUT2D eigenvalue weighted by molar-refractivity contribution is -0.162. The smallest absolute Gasteiger partial charge is 0.337 e. The van der Waals surface area contributed by atoms with Crippen molar-refractivity contribution in [3.05, 3.63) is 0 Å². The van der Waals surface area contributed by atoms with E-state index < -0.39 is 62.0 Å². The summed E-state index contributed by atoms with van der Waals surface area (Å²) in [5.74, 6) is -3.04. The van der Waals surface area contributed by atoms with Crippen molar-refractivity contribution >= 4 is 31.3 Å². The zero-order valence-electron chi connectivity index (χ0n) is 19.6. The molecule has 0 aliphatic carbocycles. The molecule has 1 unspecified atom stereocenters. The van der Waals surface area contributed by atoms with E-state index in [2.05, 4.69) is 0 Å². The average molecular weight is 483 g/mol. The van der Waals surface area contributed by atoms with E-state index in [1.807, 2.05) is 0 Å². The van der Waals surface area contributed by atoms with Crippen molar-refractivity contribution in [1.82, 2.24) is 0 Å². The summed E-state index contributed by atoms with van der Waals surface area (Å²) in [5.41, 5.74) is -1.63. The molecule has 0 rings (SSSR count). The molecular formula is C21H39O10P. The van der Waals surface area contributed by atoms with Crippen LogP contribution in [0.25, 0.3) is 0 Å². The van der Waals surface area contributed by atoms with Crippen LogP contribution in [-0.4, -0.2) is 50.5 Å². The van der Waals surface area contributed by atoms with Gasteiger partial charge in [-0.15, -0.1) is 0 Å². The third-order valence-electron chi connectivity index (χ3n) is 3.93. The number of carbonyl (C=O) groups excluding carboxylic acids is 4. The van der Waals surface area contributed by atoms with E-state index in [1.165, 1.54) is 6.92 Å². The van der Waals surface area contributed by atoms with Crippen LogP contribution in [0.3, 0.4) is 0 Å². The topological polar surface area (TPSA) is 132 Å². The Balaban J connectivity index is 0. The molecule has 0 saturated heterocycles. The Morgan fingerprint density at radius 3 is 1.56 bits per heavy atom. The maximum atomic E-state index is 13.2. The molecule has 0 aliphatic heterocycles. The Labute approximate surface area is 191 Å². The fraction of sp³-hybridized carbons (Fsp3) is 0.810. The Morgan fingerprint density at radius 1 is 0.844 bits per heavy atom. The Kier molecular flexibility index (Phi) is 13.9. The van der Waals surface area contributed by atoms with Gasteiger partial charge in [0.05, 0.1) is 30.0 Å². The number of methoxy groups -OCH3 is 1. The first-order valence-corrected chi connectivity index (χ1v) is 11.5. The number of ketones is 1. The lowest BCUT2D eigenvalue weighted by atomic mass is 9.98. The monoisotopic (exact) mass is 482 g/mol. The van der Waals surface area contributed by atoms with Gasteiger partial charge in [-0.2, -0.15) is 0 Å². The van der Waals surface area contributed by atoms with Gasteiger partial charge in [0.15, 0.2) is 0 Å². The van der Waals surface area contributed by atoms with Crippen LogP contribution in [0.4, 0.5) is 0 Å². The van der Waals surface area contributed by atoms with Crippen LogP contribution in [0.2, 0.25) is 0 Å². The summed E-state index contributed by atoms with van der Waals surface area (Å²) in [6.07, 6.45) is -0.340. The minimum absolute atomic E-state index is 0. The van der Waals surface area contributed by atoms with Gasteiger partial charge in [-0.3, -0.25) is 28.0 Å². The quantitative estimate of drug-likeness (QED) is 0.173. The lowest BCUT2D eigenvalue weighted by Gasteiger charge is -2.24. The van der Waals surface area contributed by atoms with Crippen molar-refractivity contribution in [2.75, 3.05) is 26.9 Å². The zero-order chi connectivity index (χ0) is 24.5. The van der Waals surface area contributed by atoms with E-state index in [9.17, 15) is 23.7 Å².